The molecule has 0 unspecified atom stereocenters. The van der Waals surface area contributed by atoms with E-state index in [9.17, 15) is 18.0 Å². The van der Waals surface area contributed by atoms with Crippen LogP contribution in [0.15, 0.2) is 54.9 Å². The lowest BCUT2D eigenvalue weighted by molar-refractivity contribution is -0.119. The number of sulfone groups is 1. The number of rotatable bonds is 12. The van der Waals surface area contributed by atoms with Crippen molar-refractivity contribution >= 4 is 56.5 Å². The van der Waals surface area contributed by atoms with Crippen LogP contribution in [0.1, 0.15) is 57.6 Å². The van der Waals surface area contributed by atoms with Crippen molar-refractivity contribution in [3.63, 3.8) is 0 Å². The lowest BCUT2D eigenvalue weighted by Crippen LogP contribution is -2.43. The number of hydrogen-bond donors (Lipinski definition) is 3. The molecule has 2 aliphatic rings. The number of pyridine rings is 3. The van der Waals surface area contributed by atoms with E-state index >= 15 is 4.39 Å². The second-order valence-corrected chi connectivity index (χ2v) is 17.8. The SMILES string of the molecule is COc1nc(-c2ccnc(-c3cccc(Nc4nccc(CNC5CCS(=O)(=O)CC5)c4F)c3Cl)c2Cl)ccc1CN(C[C@@H]1CCC(=O)N1)C(=O)OC(C)(C)C. The minimum absolute atomic E-state index is 0.0246. The quantitative estimate of drug-likeness (QED) is 0.134. The number of benzene rings is 1. The Bertz CT molecular complexity index is 2210. The fourth-order valence-electron chi connectivity index (χ4n) is 6.56. The van der Waals surface area contributed by atoms with Gasteiger partial charge in [-0.1, -0.05) is 35.3 Å². The highest BCUT2D eigenvalue weighted by Crippen LogP contribution is 2.41. The number of aromatic nitrogens is 3. The molecule has 0 bridgehead atoms. The molecule has 2 amide bonds. The van der Waals surface area contributed by atoms with Gasteiger partial charge in [-0.25, -0.2) is 27.6 Å². The van der Waals surface area contributed by atoms with Crippen LogP contribution in [0.25, 0.3) is 22.5 Å². The van der Waals surface area contributed by atoms with E-state index in [-0.39, 0.29) is 70.9 Å². The molecule has 3 N–H and O–H groups in total. The topological polar surface area (TPSA) is 165 Å². The molecule has 2 fully saturated rings. The van der Waals surface area contributed by atoms with Crippen molar-refractivity contribution in [2.75, 3.05) is 30.5 Å². The molecule has 5 heterocycles. The predicted octanol–water partition coefficient (Wildman–Crippen LogP) is 7.09. The largest absolute Gasteiger partial charge is 0.481 e. The van der Waals surface area contributed by atoms with E-state index < -0.39 is 27.3 Å². The number of hydrogen-bond acceptors (Lipinski definition) is 11. The lowest BCUT2D eigenvalue weighted by atomic mass is 10.1. The maximum atomic E-state index is 15.7. The first-order chi connectivity index (χ1) is 26.6. The van der Waals surface area contributed by atoms with Crippen molar-refractivity contribution < 1.29 is 31.9 Å². The van der Waals surface area contributed by atoms with Crippen molar-refractivity contribution in [1.29, 1.82) is 0 Å². The van der Waals surface area contributed by atoms with Gasteiger partial charge in [-0.3, -0.25) is 9.78 Å². The van der Waals surface area contributed by atoms with Gasteiger partial charge >= 0.3 is 6.09 Å². The van der Waals surface area contributed by atoms with Crippen LogP contribution in [0.4, 0.5) is 20.7 Å². The monoisotopic (exact) mass is 827 g/mol. The summed E-state index contributed by atoms with van der Waals surface area (Å²) in [6.45, 7) is 5.94. The van der Waals surface area contributed by atoms with E-state index in [2.05, 4.69) is 25.9 Å². The smallest absolute Gasteiger partial charge is 0.410 e. The van der Waals surface area contributed by atoms with Crippen LogP contribution in [-0.2, 0) is 32.5 Å². The first-order valence-corrected chi connectivity index (χ1v) is 20.8. The third kappa shape index (κ3) is 10.0. The summed E-state index contributed by atoms with van der Waals surface area (Å²) in [6, 6.07) is 11.8. The molecule has 56 heavy (non-hydrogen) atoms. The standard InChI is InChI=1S/C39H44Cl2FN7O6S/c1-39(2,3)55-38(51)49(22-26-9-11-31(50)46-26)21-24-8-10-29(48-37(24)54-4)27-13-17-43-35(33(27)41)28-6-5-7-30(32(28)40)47-36-34(42)23(12-16-44-36)20-45-25-14-18-56(52,53)19-15-25/h5-8,10,12-13,16-17,25-26,45H,9,11,14-15,18-22H2,1-4H3,(H,44,47)(H,46,50)/t26-/m0/s1. The first-order valence-electron chi connectivity index (χ1n) is 18.2. The van der Waals surface area contributed by atoms with E-state index in [4.69, 9.17) is 37.7 Å². The van der Waals surface area contributed by atoms with Crippen LogP contribution in [0.3, 0.4) is 0 Å². The molecule has 17 heteroatoms. The summed E-state index contributed by atoms with van der Waals surface area (Å²) < 4.78 is 50.6. The Morgan fingerprint density at radius 3 is 2.45 bits per heavy atom. The molecule has 0 radical (unpaired) electrons. The molecule has 0 aliphatic carbocycles. The van der Waals surface area contributed by atoms with E-state index in [1.165, 1.54) is 18.2 Å². The van der Waals surface area contributed by atoms with Gasteiger partial charge in [-0.05, 0) is 70.4 Å². The predicted molar refractivity (Wildman–Crippen MR) is 213 cm³/mol. The summed E-state index contributed by atoms with van der Waals surface area (Å²) in [5.41, 5.74) is 2.48. The minimum Gasteiger partial charge on any atom is -0.481 e. The highest BCUT2D eigenvalue weighted by Gasteiger charge is 2.30. The Morgan fingerprint density at radius 1 is 1.00 bits per heavy atom. The third-order valence-corrected chi connectivity index (χ3v) is 12.0. The van der Waals surface area contributed by atoms with Crippen LogP contribution in [-0.4, -0.2) is 83.1 Å². The summed E-state index contributed by atoms with van der Waals surface area (Å²) in [5, 5.41) is 9.66. The molecule has 2 aliphatic heterocycles. The van der Waals surface area contributed by atoms with Gasteiger partial charge in [-0.15, -0.1) is 0 Å². The number of amides is 2. The molecule has 0 saturated carbocycles. The Kier molecular flexibility index (Phi) is 12.7. The van der Waals surface area contributed by atoms with Gasteiger partial charge in [0.1, 0.15) is 15.4 Å². The van der Waals surface area contributed by atoms with Crippen molar-refractivity contribution in [2.24, 2.45) is 0 Å². The molecule has 4 aromatic rings. The molecular weight excluding hydrogens is 784 g/mol. The van der Waals surface area contributed by atoms with Gasteiger partial charge in [0.05, 0.1) is 52.3 Å². The molecule has 2 saturated heterocycles. The lowest BCUT2D eigenvalue weighted by Gasteiger charge is -2.29. The maximum absolute atomic E-state index is 15.7. The molecule has 1 atom stereocenters. The number of anilines is 2. The summed E-state index contributed by atoms with van der Waals surface area (Å²) in [6.07, 6.45) is 4.50. The second kappa shape index (κ2) is 17.3. The fourth-order valence-corrected chi connectivity index (χ4v) is 8.62. The van der Waals surface area contributed by atoms with Gasteiger partial charge in [-0.2, -0.15) is 0 Å². The van der Waals surface area contributed by atoms with Gasteiger partial charge in [0.25, 0.3) is 0 Å². The Balaban J connectivity index is 1.21. The van der Waals surface area contributed by atoms with Gasteiger partial charge in [0.15, 0.2) is 11.6 Å². The molecule has 13 nitrogen and oxygen atoms in total. The van der Waals surface area contributed by atoms with Crippen LogP contribution in [0, 0.1) is 5.82 Å². The molecule has 0 spiro atoms. The van der Waals surface area contributed by atoms with E-state index in [1.54, 1.807) is 69.4 Å². The van der Waals surface area contributed by atoms with E-state index in [1.807, 2.05) is 0 Å². The van der Waals surface area contributed by atoms with Crippen molar-refractivity contribution in [2.45, 2.75) is 77.2 Å². The van der Waals surface area contributed by atoms with Crippen molar-refractivity contribution in [3.8, 4) is 28.4 Å². The first kappa shape index (κ1) is 41.1. The van der Waals surface area contributed by atoms with E-state index in [0.717, 1.165) is 0 Å². The summed E-state index contributed by atoms with van der Waals surface area (Å²) in [5.74, 6) is -0.152. The summed E-state index contributed by atoms with van der Waals surface area (Å²) in [7, 11) is -1.52. The summed E-state index contributed by atoms with van der Waals surface area (Å²) >= 11 is 13.9. The number of halogens is 3. The zero-order chi connectivity index (χ0) is 40.2. The molecular formula is C39H44Cl2FN7O6S. The van der Waals surface area contributed by atoms with Crippen LogP contribution < -0.4 is 20.7 Å². The normalized spacial score (nSPS) is 17.0. The summed E-state index contributed by atoms with van der Waals surface area (Å²) in [4.78, 5) is 40.2. The molecule has 6 rings (SSSR count). The minimum atomic E-state index is -3.01. The second-order valence-electron chi connectivity index (χ2n) is 14.8. The van der Waals surface area contributed by atoms with Crippen LogP contribution in [0.5, 0.6) is 5.88 Å². The Hall–Kier alpha value is -4.57. The third-order valence-electron chi connectivity index (χ3n) is 9.45. The van der Waals surface area contributed by atoms with Crippen molar-refractivity contribution in [3.05, 3.63) is 81.8 Å². The number of nitrogens with zero attached hydrogens (tertiary/aromatic N) is 4. The van der Waals surface area contributed by atoms with Crippen molar-refractivity contribution in [1.82, 2.24) is 30.5 Å². The van der Waals surface area contributed by atoms with Crippen LogP contribution in [0.2, 0.25) is 10.0 Å². The van der Waals surface area contributed by atoms with Gasteiger partial charge in [0.2, 0.25) is 11.8 Å². The van der Waals surface area contributed by atoms with Gasteiger partial charge in [0, 0.05) is 66.2 Å². The van der Waals surface area contributed by atoms with Gasteiger partial charge < -0.3 is 30.3 Å². The molecule has 298 valence electrons. The molecule has 3 aromatic heterocycles. The number of ether oxygens (including phenoxy) is 2. The number of carbonyl (C=O) groups excluding carboxylic acids is 2. The Labute approximate surface area is 335 Å². The average molecular weight is 829 g/mol. The number of carbonyl (C=O) groups is 2. The zero-order valence-electron chi connectivity index (χ0n) is 31.5. The number of nitrogens with one attached hydrogen (secondary N) is 3. The van der Waals surface area contributed by atoms with Crippen LogP contribution >= 0.6 is 23.2 Å². The highest BCUT2D eigenvalue weighted by molar-refractivity contribution is 7.91. The highest BCUT2D eigenvalue weighted by atomic mass is 35.5. The number of methoxy groups -OCH3 is 1. The molecule has 1 aromatic carbocycles. The average Bonchev–Trinajstić information content (AvgIpc) is 3.56. The Morgan fingerprint density at radius 2 is 1.75 bits per heavy atom. The van der Waals surface area contributed by atoms with E-state index in [0.29, 0.717) is 65.0 Å². The maximum Gasteiger partial charge on any atom is 0.410 e. The fraction of sp³-hybridized carbons (Fsp3) is 0.410. The zero-order valence-corrected chi connectivity index (χ0v) is 33.8.